The Bertz CT molecular complexity index is 278. The molecule has 0 aromatic carbocycles. The lowest BCUT2D eigenvalue weighted by Gasteiger charge is -2.44. The smallest absolute Gasteiger partial charge is 0.0484 e. The minimum Gasteiger partial charge on any atom is -0.381 e. The fraction of sp³-hybridized carbons (Fsp3) is 1.00. The third-order valence-corrected chi connectivity index (χ3v) is 5.17. The number of likely N-dealkylation sites (N-methyl/N-ethyl adjacent to an activating group) is 1. The average molecular weight is 254 g/mol. The fourth-order valence-electron chi connectivity index (χ4n) is 3.54. The summed E-state index contributed by atoms with van der Waals surface area (Å²) >= 11 is 0. The highest BCUT2D eigenvalue weighted by Gasteiger charge is 2.37. The maximum atomic E-state index is 6.66. The Morgan fingerprint density at radius 3 is 2.56 bits per heavy atom. The minimum atomic E-state index is -0.0641. The molecule has 3 nitrogen and oxygen atoms in total. The molecule has 1 aliphatic carbocycles. The van der Waals surface area contributed by atoms with Crippen LogP contribution < -0.4 is 5.73 Å². The zero-order valence-corrected chi connectivity index (χ0v) is 12.4. The van der Waals surface area contributed by atoms with E-state index in [-0.39, 0.29) is 5.54 Å². The molecule has 3 heteroatoms. The third-order valence-electron chi connectivity index (χ3n) is 5.17. The van der Waals surface area contributed by atoms with E-state index in [9.17, 15) is 0 Å². The van der Waals surface area contributed by atoms with Gasteiger partial charge in [-0.2, -0.15) is 0 Å². The van der Waals surface area contributed by atoms with E-state index < -0.39 is 0 Å². The summed E-state index contributed by atoms with van der Waals surface area (Å²) < 4.78 is 5.58. The van der Waals surface area contributed by atoms with Crippen molar-refractivity contribution in [2.45, 2.75) is 51.5 Å². The lowest BCUT2D eigenvalue weighted by molar-refractivity contribution is 0.0752. The standard InChI is InChI=1S/C15H30N2O/c1-13-5-9-18-10-8-15(13,16)12-17(3)11-14(2)6-4-7-14/h13H,4-12,16H2,1-3H3. The van der Waals surface area contributed by atoms with Crippen LogP contribution in [0.1, 0.15) is 46.0 Å². The third kappa shape index (κ3) is 3.25. The van der Waals surface area contributed by atoms with Crippen LogP contribution in [0.2, 0.25) is 0 Å². The van der Waals surface area contributed by atoms with Crippen LogP contribution in [-0.2, 0) is 4.74 Å². The lowest BCUT2D eigenvalue weighted by Crippen LogP contribution is -2.55. The highest BCUT2D eigenvalue weighted by atomic mass is 16.5. The molecule has 0 radical (unpaired) electrons. The van der Waals surface area contributed by atoms with Crippen molar-refractivity contribution in [2.75, 3.05) is 33.4 Å². The van der Waals surface area contributed by atoms with E-state index in [4.69, 9.17) is 10.5 Å². The maximum absolute atomic E-state index is 6.66. The predicted molar refractivity (Wildman–Crippen MR) is 75.6 cm³/mol. The van der Waals surface area contributed by atoms with Crippen LogP contribution in [-0.4, -0.2) is 43.8 Å². The largest absolute Gasteiger partial charge is 0.381 e. The molecule has 2 fully saturated rings. The zero-order chi connectivity index (χ0) is 13.2. The Morgan fingerprint density at radius 1 is 1.22 bits per heavy atom. The molecule has 2 unspecified atom stereocenters. The van der Waals surface area contributed by atoms with E-state index in [1.165, 1.54) is 25.8 Å². The molecular formula is C15H30N2O. The van der Waals surface area contributed by atoms with Crippen molar-refractivity contribution in [3.8, 4) is 0 Å². The predicted octanol–water partition coefficient (Wildman–Crippen LogP) is 2.25. The minimum absolute atomic E-state index is 0.0641. The molecule has 1 saturated heterocycles. The molecule has 0 amide bonds. The summed E-state index contributed by atoms with van der Waals surface area (Å²) in [4.78, 5) is 2.46. The zero-order valence-electron chi connectivity index (χ0n) is 12.4. The lowest BCUT2D eigenvalue weighted by atomic mass is 9.70. The summed E-state index contributed by atoms with van der Waals surface area (Å²) in [7, 11) is 2.23. The molecule has 0 aromatic rings. The van der Waals surface area contributed by atoms with Crippen LogP contribution in [0.4, 0.5) is 0 Å². The van der Waals surface area contributed by atoms with E-state index >= 15 is 0 Å². The number of hydrogen-bond acceptors (Lipinski definition) is 3. The van der Waals surface area contributed by atoms with Gasteiger partial charge in [0, 0.05) is 31.8 Å². The van der Waals surface area contributed by atoms with Crippen molar-refractivity contribution in [3.63, 3.8) is 0 Å². The van der Waals surface area contributed by atoms with Gasteiger partial charge in [-0.3, -0.25) is 0 Å². The first kappa shape index (κ1) is 14.3. The van der Waals surface area contributed by atoms with Gasteiger partial charge in [0.15, 0.2) is 0 Å². The summed E-state index contributed by atoms with van der Waals surface area (Å²) in [5, 5.41) is 0. The molecule has 0 spiro atoms. The molecule has 0 bridgehead atoms. The number of ether oxygens (including phenoxy) is 1. The van der Waals surface area contributed by atoms with Crippen molar-refractivity contribution in [1.82, 2.24) is 4.90 Å². The number of nitrogens with zero attached hydrogens (tertiary/aromatic N) is 1. The van der Waals surface area contributed by atoms with Crippen molar-refractivity contribution in [1.29, 1.82) is 0 Å². The first-order valence-electron chi connectivity index (χ1n) is 7.49. The second kappa shape index (κ2) is 5.48. The van der Waals surface area contributed by atoms with E-state index in [0.717, 1.165) is 32.6 Å². The highest BCUT2D eigenvalue weighted by molar-refractivity contribution is 4.94. The molecular weight excluding hydrogens is 224 g/mol. The van der Waals surface area contributed by atoms with Gasteiger partial charge in [0.25, 0.3) is 0 Å². The molecule has 2 atom stereocenters. The van der Waals surface area contributed by atoms with Crippen LogP contribution in [0, 0.1) is 11.3 Å². The van der Waals surface area contributed by atoms with Gasteiger partial charge in [0.05, 0.1) is 0 Å². The van der Waals surface area contributed by atoms with Gasteiger partial charge in [-0.1, -0.05) is 20.3 Å². The maximum Gasteiger partial charge on any atom is 0.0484 e. The Hall–Kier alpha value is -0.120. The summed E-state index contributed by atoms with van der Waals surface area (Å²) in [6, 6.07) is 0. The summed E-state index contributed by atoms with van der Waals surface area (Å²) in [5.41, 5.74) is 7.15. The van der Waals surface area contributed by atoms with Crippen LogP contribution in [0.25, 0.3) is 0 Å². The van der Waals surface area contributed by atoms with E-state index in [1.54, 1.807) is 0 Å². The number of hydrogen-bond donors (Lipinski definition) is 1. The van der Waals surface area contributed by atoms with Crippen LogP contribution in [0.5, 0.6) is 0 Å². The molecule has 1 aliphatic heterocycles. The SMILES string of the molecule is CC1CCOCCC1(N)CN(C)CC1(C)CCC1. The Morgan fingerprint density at radius 2 is 1.94 bits per heavy atom. The molecule has 1 saturated carbocycles. The molecule has 106 valence electrons. The Labute approximate surface area is 112 Å². The van der Waals surface area contributed by atoms with Crippen molar-refractivity contribution in [2.24, 2.45) is 17.1 Å². The number of rotatable bonds is 4. The summed E-state index contributed by atoms with van der Waals surface area (Å²) in [6.45, 7) is 8.60. The van der Waals surface area contributed by atoms with Crippen molar-refractivity contribution in [3.05, 3.63) is 0 Å². The van der Waals surface area contributed by atoms with E-state index in [1.807, 2.05) is 0 Å². The molecule has 2 aliphatic rings. The van der Waals surface area contributed by atoms with Gasteiger partial charge in [-0.05, 0) is 44.1 Å². The Balaban J connectivity index is 1.89. The van der Waals surface area contributed by atoms with Crippen LogP contribution >= 0.6 is 0 Å². The molecule has 18 heavy (non-hydrogen) atoms. The second-order valence-electron chi connectivity index (χ2n) is 7.12. The van der Waals surface area contributed by atoms with Gasteiger partial charge < -0.3 is 15.4 Å². The number of nitrogens with two attached hydrogens (primary N) is 1. The summed E-state index contributed by atoms with van der Waals surface area (Å²) in [5.74, 6) is 0.552. The van der Waals surface area contributed by atoms with Gasteiger partial charge in [-0.15, -0.1) is 0 Å². The molecule has 0 aromatic heterocycles. The first-order valence-corrected chi connectivity index (χ1v) is 7.49. The topological polar surface area (TPSA) is 38.5 Å². The molecule has 2 N–H and O–H groups in total. The molecule has 2 rings (SSSR count). The van der Waals surface area contributed by atoms with E-state index in [0.29, 0.717) is 11.3 Å². The van der Waals surface area contributed by atoms with Gasteiger partial charge in [0.2, 0.25) is 0 Å². The summed E-state index contributed by atoms with van der Waals surface area (Å²) in [6.07, 6.45) is 6.26. The Kier molecular flexibility index (Phi) is 4.35. The highest BCUT2D eigenvalue weighted by Crippen LogP contribution is 2.41. The van der Waals surface area contributed by atoms with Crippen LogP contribution in [0.3, 0.4) is 0 Å². The quantitative estimate of drug-likeness (QED) is 0.836. The fourth-order valence-corrected chi connectivity index (χ4v) is 3.54. The molecule has 1 heterocycles. The van der Waals surface area contributed by atoms with Crippen molar-refractivity contribution < 1.29 is 4.74 Å². The first-order chi connectivity index (χ1) is 8.44. The average Bonchev–Trinajstić information content (AvgIpc) is 2.40. The van der Waals surface area contributed by atoms with Crippen molar-refractivity contribution >= 4 is 0 Å². The van der Waals surface area contributed by atoms with Crippen LogP contribution in [0.15, 0.2) is 0 Å². The van der Waals surface area contributed by atoms with Gasteiger partial charge >= 0.3 is 0 Å². The van der Waals surface area contributed by atoms with Gasteiger partial charge in [-0.25, -0.2) is 0 Å². The van der Waals surface area contributed by atoms with Gasteiger partial charge in [0.1, 0.15) is 0 Å². The monoisotopic (exact) mass is 254 g/mol. The second-order valence-corrected chi connectivity index (χ2v) is 7.12. The van der Waals surface area contributed by atoms with E-state index in [2.05, 4.69) is 25.8 Å². The normalized spacial score (nSPS) is 36.2.